The second-order valence-corrected chi connectivity index (χ2v) is 6.26. The number of aryl methyl sites for hydroxylation is 1. The van der Waals surface area contributed by atoms with Crippen LogP contribution in [0.25, 0.3) is 11.4 Å². The average Bonchev–Trinajstić information content (AvgIpc) is 3.06. The fraction of sp³-hybridized carbons (Fsp3) is 0.467. The molecule has 2 unspecified atom stereocenters. The summed E-state index contributed by atoms with van der Waals surface area (Å²) in [6.45, 7) is 2.06. The van der Waals surface area contributed by atoms with Crippen LogP contribution < -0.4 is 5.32 Å². The average molecular weight is 336 g/mol. The van der Waals surface area contributed by atoms with E-state index in [1.807, 2.05) is 19.2 Å². The molecule has 0 radical (unpaired) electrons. The molecule has 2 aromatic rings. The van der Waals surface area contributed by atoms with Gasteiger partial charge in [0.1, 0.15) is 0 Å². The molecule has 5 heteroatoms. The normalized spacial score (nSPS) is 22.4. The van der Waals surface area contributed by atoms with E-state index >= 15 is 0 Å². The van der Waals surface area contributed by atoms with Gasteiger partial charge in [-0.15, -0.1) is 0 Å². The first kappa shape index (κ1) is 13.8. The first-order valence-electron chi connectivity index (χ1n) is 6.96. The van der Waals surface area contributed by atoms with Crippen LogP contribution in [0, 0.1) is 6.92 Å². The van der Waals surface area contributed by atoms with E-state index < -0.39 is 0 Å². The second kappa shape index (κ2) is 5.66. The van der Waals surface area contributed by atoms with Crippen LogP contribution in [0.3, 0.4) is 0 Å². The highest BCUT2D eigenvalue weighted by molar-refractivity contribution is 9.10. The minimum Gasteiger partial charge on any atom is -0.339 e. The lowest BCUT2D eigenvalue weighted by Crippen LogP contribution is -2.27. The predicted molar refractivity (Wildman–Crippen MR) is 81.6 cm³/mol. The smallest absolute Gasteiger partial charge is 0.231 e. The Hall–Kier alpha value is -1.20. The number of hydrogen-bond acceptors (Lipinski definition) is 4. The third-order valence-corrected chi connectivity index (χ3v) is 4.57. The number of halogens is 1. The van der Waals surface area contributed by atoms with Gasteiger partial charge in [0.2, 0.25) is 11.7 Å². The van der Waals surface area contributed by atoms with Gasteiger partial charge in [0.25, 0.3) is 0 Å². The minimum atomic E-state index is 0.344. The van der Waals surface area contributed by atoms with Crippen LogP contribution in [0.2, 0.25) is 0 Å². The number of rotatable bonds is 3. The summed E-state index contributed by atoms with van der Waals surface area (Å²) in [6, 6.07) is 6.55. The Morgan fingerprint density at radius 2 is 2.20 bits per heavy atom. The van der Waals surface area contributed by atoms with Crippen molar-refractivity contribution < 1.29 is 4.52 Å². The minimum absolute atomic E-state index is 0.344. The zero-order chi connectivity index (χ0) is 14.1. The van der Waals surface area contributed by atoms with Gasteiger partial charge < -0.3 is 9.84 Å². The lowest BCUT2D eigenvalue weighted by Gasteiger charge is -2.14. The molecule has 1 aliphatic carbocycles. The molecule has 2 atom stereocenters. The molecule has 0 saturated heterocycles. The highest BCUT2D eigenvalue weighted by Crippen LogP contribution is 2.34. The zero-order valence-corrected chi connectivity index (χ0v) is 13.3. The van der Waals surface area contributed by atoms with E-state index in [2.05, 4.69) is 44.4 Å². The molecule has 3 rings (SSSR count). The van der Waals surface area contributed by atoms with Crippen LogP contribution in [-0.2, 0) is 0 Å². The monoisotopic (exact) mass is 335 g/mol. The predicted octanol–water partition coefficient (Wildman–Crippen LogP) is 3.66. The molecule has 20 heavy (non-hydrogen) atoms. The molecule has 0 aliphatic heterocycles. The van der Waals surface area contributed by atoms with Crippen molar-refractivity contribution in [2.75, 3.05) is 7.05 Å². The summed E-state index contributed by atoms with van der Waals surface area (Å²) in [6.07, 6.45) is 3.51. The van der Waals surface area contributed by atoms with E-state index in [4.69, 9.17) is 4.52 Å². The van der Waals surface area contributed by atoms with Crippen molar-refractivity contribution in [3.63, 3.8) is 0 Å². The summed E-state index contributed by atoms with van der Waals surface area (Å²) >= 11 is 3.47. The van der Waals surface area contributed by atoms with Gasteiger partial charge in [-0.25, -0.2) is 0 Å². The van der Waals surface area contributed by atoms with E-state index in [9.17, 15) is 0 Å². The van der Waals surface area contributed by atoms with Gasteiger partial charge in [0, 0.05) is 16.1 Å². The maximum Gasteiger partial charge on any atom is 0.231 e. The summed E-state index contributed by atoms with van der Waals surface area (Å²) in [7, 11) is 2.00. The van der Waals surface area contributed by atoms with Crippen molar-refractivity contribution >= 4 is 15.9 Å². The standard InChI is InChI=1S/C15H18BrN3O/c1-9-8-10(16)6-7-11(9)14-18-15(20-19-14)12-4-3-5-13(12)17-2/h6-8,12-13,17H,3-5H2,1-2H3. The van der Waals surface area contributed by atoms with Crippen molar-refractivity contribution in [2.45, 2.75) is 38.1 Å². The van der Waals surface area contributed by atoms with Crippen molar-refractivity contribution in [1.29, 1.82) is 0 Å². The summed E-state index contributed by atoms with van der Waals surface area (Å²) in [5.41, 5.74) is 2.17. The van der Waals surface area contributed by atoms with Crippen molar-refractivity contribution in [1.82, 2.24) is 15.5 Å². The third-order valence-electron chi connectivity index (χ3n) is 4.08. The van der Waals surface area contributed by atoms with Crippen LogP contribution in [0.1, 0.15) is 36.6 Å². The third kappa shape index (κ3) is 2.52. The molecule has 0 bridgehead atoms. The van der Waals surface area contributed by atoms with Crippen LogP contribution in [0.15, 0.2) is 27.2 Å². The first-order chi connectivity index (χ1) is 9.69. The highest BCUT2D eigenvalue weighted by atomic mass is 79.9. The molecular weight excluding hydrogens is 318 g/mol. The van der Waals surface area contributed by atoms with E-state index in [1.54, 1.807) is 0 Å². The van der Waals surface area contributed by atoms with Crippen LogP contribution in [0.5, 0.6) is 0 Å². The number of hydrogen-bond donors (Lipinski definition) is 1. The van der Waals surface area contributed by atoms with Gasteiger partial charge in [-0.1, -0.05) is 27.5 Å². The molecule has 1 aromatic heterocycles. The van der Waals surface area contributed by atoms with Gasteiger partial charge >= 0.3 is 0 Å². The Kier molecular flexibility index (Phi) is 3.89. The molecule has 1 N–H and O–H groups in total. The number of nitrogens with one attached hydrogen (secondary N) is 1. The molecule has 0 amide bonds. The number of likely N-dealkylation sites (N-methyl/N-ethyl adjacent to an activating group) is 1. The molecular formula is C15H18BrN3O. The molecule has 1 aliphatic rings. The number of aromatic nitrogens is 2. The lowest BCUT2D eigenvalue weighted by molar-refractivity contribution is 0.335. The zero-order valence-electron chi connectivity index (χ0n) is 11.7. The number of nitrogens with zero attached hydrogens (tertiary/aromatic N) is 2. The molecule has 106 valence electrons. The lowest BCUT2D eigenvalue weighted by atomic mass is 10.0. The fourth-order valence-electron chi connectivity index (χ4n) is 2.97. The topological polar surface area (TPSA) is 51.0 Å². The Balaban J connectivity index is 1.90. The Labute approximate surface area is 127 Å². The molecule has 1 fully saturated rings. The molecule has 1 saturated carbocycles. The second-order valence-electron chi connectivity index (χ2n) is 5.35. The molecule has 1 heterocycles. The number of benzene rings is 1. The summed E-state index contributed by atoms with van der Waals surface area (Å²) in [5.74, 6) is 1.79. The highest BCUT2D eigenvalue weighted by Gasteiger charge is 2.32. The van der Waals surface area contributed by atoms with Gasteiger partial charge in [-0.3, -0.25) is 0 Å². The maximum absolute atomic E-state index is 5.51. The summed E-state index contributed by atoms with van der Waals surface area (Å²) < 4.78 is 6.57. The van der Waals surface area contributed by atoms with E-state index in [0.717, 1.165) is 27.9 Å². The van der Waals surface area contributed by atoms with E-state index in [1.165, 1.54) is 12.8 Å². The summed E-state index contributed by atoms with van der Waals surface area (Å²) in [4.78, 5) is 4.62. The van der Waals surface area contributed by atoms with Gasteiger partial charge in [-0.2, -0.15) is 4.98 Å². The SMILES string of the molecule is CNC1CCCC1c1nc(-c2ccc(Br)cc2C)no1. The van der Waals surface area contributed by atoms with Crippen LogP contribution in [-0.4, -0.2) is 23.2 Å². The quantitative estimate of drug-likeness (QED) is 0.929. The maximum atomic E-state index is 5.51. The Bertz CT molecular complexity index is 611. The first-order valence-corrected chi connectivity index (χ1v) is 7.75. The van der Waals surface area contributed by atoms with E-state index in [-0.39, 0.29) is 0 Å². The van der Waals surface area contributed by atoms with Crippen molar-refractivity contribution in [3.8, 4) is 11.4 Å². The molecule has 0 spiro atoms. The van der Waals surface area contributed by atoms with Crippen LogP contribution >= 0.6 is 15.9 Å². The van der Waals surface area contributed by atoms with Crippen molar-refractivity contribution in [3.05, 3.63) is 34.1 Å². The van der Waals surface area contributed by atoms with Crippen LogP contribution in [0.4, 0.5) is 0 Å². The Morgan fingerprint density at radius 3 is 2.95 bits per heavy atom. The van der Waals surface area contributed by atoms with Crippen molar-refractivity contribution in [2.24, 2.45) is 0 Å². The molecule has 4 nitrogen and oxygen atoms in total. The summed E-state index contributed by atoms with van der Waals surface area (Å²) in [5, 5.41) is 7.51. The van der Waals surface area contributed by atoms with Gasteiger partial charge in [0.15, 0.2) is 0 Å². The van der Waals surface area contributed by atoms with Gasteiger partial charge in [0.05, 0.1) is 5.92 Å². The fourth-order valence-corrected chi connectivity index (χ4v) is 3.45. The molecule has 1 aromatic carbocycles. The van der Waals surface area contributed by atoms with E-state index in [0.29, 0.717) is 17.8 Å². The largest absolute Gasteiger partial charge is 0.339 e. The van der Waals surface area contributed by atoms with Gasteiger partial charge in [-0.05, 0) is 50.6 Å². The Morgan fingerprint density at radius 1 is 1.35 bits per heavy atom.